The van der Waals surface area contributed by atoms with E-state index in [0.29, 0.717) is 89.9 Å². The molecule has 0 amide bonds. The molecular formula is C64H128F16N3O8S3+. The summed E-state index contributed by atoms with van der Waals surface area (Å²) >= 11 is 0. The van der Waals surface area contributed by atoms with Crippen molar-refractivity contribution in [3.8, 4) is 0 Å². The molecular weight excluding hydrogens is 1340 g/mol. The summed E-state index contributed by atoms with van der Waals surface area (Å²) in [5.74, 6) is -0.346. The smallest absolute Gasteiger partial charge is 0.389 e. The molecule has 0 radical (unpaired) electrons. The first-order valence-corrected chi connectivity index (χ1v) is 39.3. The highest BCUT2D eigenvalue weighted by Gasteiger charge is 2.37. The van der Waals surface area contributed by atoms with Crippen molar-refractivity contribution in [1.29, 1.82) is 0 Å². The van der Waals surface area contributed by atoms with Crippen LogP contribution in [0, 0.1) is 0 Å². The fourth-order valence-electron chi connectivity index (χ4n) is 10.2. The number of rotatable bonds is 48. The second kappa shape index (κ2) is 56.2. The molecule has 2 unspecified atom stereocenters. The van der Waals surface area contributed by atoms with Crippen molar-refractivity contribution >= 4 is 30.1 Å². The molecule has 11 nitrogen and oxygen atoms in total. The van der Waals surface area contributed by atoms with Crippen LogP contribution in [0.1, 0.15) is 289 Å². The van der Waals surface area contributed by atoms with Gasteiger partial charge in [0.05, 0.1) is 88.7 Å². The first kappa shape index (κ1) is 104. The second-order valence-corrected chi connectivity index (χ2v) is 29.4. The number of halogens is 16. The first-order chi connectivity index (χ1) is 43.1. The Morgan fingerprint density at radius 2 is 0.447 bits per heavy atom. The summed E-state index contributed by atoms with van der Waals surface area (Å²) in [6, 6.07) is 0. The first-order valence-electron chi connectivity index (χ1n) is 34.7. The van der Waals surface area contributed by atoms with E-state index in [2.05, 4.69) is 83.1 Å². The Morgan fingerprint density at radius 3 is 0.606 bits per heavy atom. The van der Waals surface area contributed by atoms with Gasteiger partial charge in [-0.05, 0) is 147 Å². The molecule has 0 aromatic heterocycles. The quantitative estimate of drug-likeness (QED) is 0.0253. The molecule has 0 fully saturated rings. The van der Waals surface area contributed by atoms with Crippen LogP contribution in [0.2, 0.25) is 0 Å². The van der Waals surface area contributed by atoms with Gasteiger partial charge in [0.2, 0.25) is 20.8 Å². The second-order valence-electron chi connectivity index (χ2n) is 24.2. The highest BCUT2D eigenvalue weighted by atomic mass is 32.2. The Kier molecular flexibility index (Phi) is 61.9. The van der Waals surface area contributed by atoms with Gasteiger partial charge in [-0.2, -0.15) is 61.5 Å². The number of quaternary nitrogens is 3. The summed E-state index contributed by atoms with van der Waals surface area (Å²) in [7, 11) is -14.3. The Bertz CT molecular complexity index is 1920. The Labute approximate surface area is 559 Å². The molecule has 30 heteroatoms. The maximum Gasteiger partial charge on any atom is 0.389 e. The fraction of sp³-hybridized carbons (Fsp3) is 1.00. The largest absolute Gasteiger partial charge is 0.748 e. The third-order valence-corrected chi connectivity index (χ3v) is 21.6. The molecule has 0 saturated heterocycles. The topological polar surface area (TPSA) is 149 Å². The van der Waals surface area contributed by atoms with Crippen LogP contribution >= 0.6 is 0 Å². The Hall–Kier alpha value is -1.47. The van der Waals surface area contributed by atoms with Crippen molar-refractivity contribution in [2.45, 2.75) is 330 Å². The van der Waals surface area contributed by atoms with E-state index in [0.717, 1.165) is 19.3 Å². The van der Waals surface area contributed by atoms with Crippen molar-refractivity contribution in [3.63, 3.8) is 0 Å². The molecule has 0 rings (SSSR count). The van der Waals surface area contributed by atoms with E-state index >= 15 is 0 Å². The van der Waals surface area contributed by atoms with Crippen LogP contribution in [0.3, 0.4) is 0 Å². The average Bonchev–Trinajstić information content (AvgIpc) is 0.871. The van der Waals surface area contributed by atoms with E-state index < -0.39 is 103 Å². The number of sulfone groups is 1. The van der Waals surface area contributed by atoms with Crippen molar-refractivity contribution in [2.75, 3.05) is 84.3 Å². The van der Waals surface area contributed by atoms with Gasteiger partial charge in [-0.15, -0.1) is 0 Å². The van der Waals surface area contributed by atoms with Crippen LogP contribution in [0.4, 0.5) is 70.2 Å². The van der Waals surface area contributed by atoms with Crippen LogP contribution in [-0.4, -0.2) is 173 Å². The summed E-state index contributed by atoms with van der Waals surface area (Å²) in [6.45, 7) is 42.7. The van der Waals surface area contributed by atoms with Crippen LogP contribution in [0.15, 0.2) is 0 Å². The maximum atomic E-state index is 14.0. The highest BCUT2D eigenvalue weighted by Crippen LogP contribution is 2.30. The van der Waals surface area contributed by atoms with E-state index in [1.807, 2.05) is 0 Å². The van der Waals surface area contributed by atoms with Crippen LogP contribution in [0.25, 0.3) is 0 Å². The Balaban J connectivity index is -0.000000265. The van der Waals surface area contributed by atoms with Crippen LogP contribution in [-0.2, 0) is 30.1 Å². The monoisotopic (exact) mass is 1470 g/mol. The molecule has 0 aliphatic rings. The minimum atomic E-state index is -5.63. The molecule has 0 aromatic carbocycles. The third kappa shape index (κ3) is 63.9. The van der Waals surface area contributed by atoms with Crippen LogP contribution < -0.4 is 0 Å². The van der Waals surface area contributed by atoms with Gasteiger partial charge in [0, 0.05) is 37.9 Å². The number of hydrogen-bond acceptors (Lipinski definition) is 8. The van der Waals surface area contributed by atoms with E-state index in [1.165, 1.54) is 92.0 Å². The minimum absolute atomic E-state index is 0.00536. The van der Waals surface area contributed by atoms with Gasteiger partial charge in [0.25, 0.3) is 0 Å². The molecule has 0 N–H and O–H groups in total. The number of hydrogen-bond donors (Lipinski definition) is 0. The predicted octanol–water partition coefficient (Wildman–Crippen LogP) is 21.0. The zero-order valence-corrected chi connectivity index (χ0v) is 61.8. The van der Waals surface area contributed by atoms with Crippen molar-refractivity contribution < 1.29 is 118 Å². The predicted molar refractivity (Wildman–Crippen MR) is 347 cm³/mol. The van der Waals surface area contributed by atoms with Gasteiger partial charge >= 0.3 is 30.0 Å². The summed E-state index contributed by atoms with van der Waals surface area (Å²) in [6.07, 6.45) is -11.9. The summed E-state index contributed by atoms with van der Waals surface area (Å²) in [5, 5.41) is -4.26. The summed E-state index contributed by atoms with van der Waals surface area (Å²) < 4.78 is 284. The van der Waals surface area contributed by atoms with Crippen molar-refractivity contribution in [2.24, 2.45) is 0 Å². The normalized spacial score (nSPS) is 13.6. The van der Waals surface area contributed by atoms with Crippen molar-refractivity contribution in [3.05, 3.63) is 0 Å². The highest BCUT2D eigenvalue weighted by molar-refractivity contribution is 7.92. The fourth-order valence-corrected chi connectivity index (χ4v) is 12.4. The van der Waals surface area contributed by atoms with E-state index in [1.54, 1.807) is 0 Å². The molecule has 0 aliphatic carbocycles. The Morgan fingerprint density at radius 1 is 0.277 bits per heavy atom. The lowest BCUT2D eigenvalue weighted by molar-refractivity contribution is -0.921. The minimum Gasteiger partial charge on any atom is -0.748 e. The van der Waals surface area contributed by atoms with Gasteiger partial charge in [0.15, 0.2) is 10.1 Å². The summed E-state index contributed by atoms with van der Waals surface area (Å²) in [5.41, 5.74) is -4.62. The molecule has 0 spiro atoms. The lowest BCUT2D eigenvalue weighted by atomic mass is 10.1. The van der Waals surface area contributed by atoms with Gasteiger partial charge in [-0.1, -0.05) is 109 Å². The van der Waals surface area contributed by atoms with E-state index in [-0.39, 0.29) is 70.0 Å². The van der Waals surface area contributed by atoms with Gasteiger partial charge in [0.1, 0.15) is 0 Å². The van der Waals surface area contributed by atoms with Gasteiger partial charge in [-0.3, -0.25) is 0 Å². The van der Waals surface area contributed by atoms with E-state index in [4.69, 9.17) is 0 Å². The zero-order chi connectivity index (χ0) is 74.5. The lowest BCUT2D eigenvalue weighted by Gasteiger charge is -2.34. The average molecular weight is 1470 g/mol. The molecule has 0 saturated carbocycles. The lowest BCUT2D eigenvalue weighted by Crippen LogP contribution is -2.47. The van der Waals surface area contributed by atoms with E-state index in [9.17, 15) is 105 Å². The third-order valence-electron chi connectivity index (χ3n) is 17.9. The number of unbranched alkanes of at least 4 members (excludes halogenated alkanes) is 21. The van der Waals surface area contributed by atoms with Crippen LogP contribution in [0.5, 0.6) is 0 Å². The van der Waals surface area contributed by atoms with Crippen molar-refractivity contribution in [1.82, 2.24) is 0 Å². The zero-order valence-electron chi connectivity index (χ0n) is 59.4. The molecule has 0 aromatic rings. The van der Waals surface area contributed by atoms with Gasteiger partial charge < -0.3 is 22.6 Å². The number of nitrogens with zero attached hydrogens (tertiary/aromatic N) is 3. The molecule has 94 heavy (non-hydrogen) atoms. The standard InChI is InChI=1S/C20H34F8O2S.C10H17F5O3S.C10H19F3O3S.3C8H20N/c21-17(13-9-5-1-3-7-11-15-19(23,24)25)31(29,30)18(22)14-10-6-2-4-8-12-16-20(26,27)28;11-9(12,13)7-5-3-1-2-4-6-8-10(14,15)19(16,17)18;11-10(12,13)8-6-4-2-1-3-5-7-9-17(14,15)16;3*1-5-9(6-2,7-3)8-4/h17-18H,1-16H2;1-8H2,(H,16,17,18);1-9H2,(H,14,15,16);3*5-8H2,1-4H3/q;;;3*+1/p-2. The molecule has 0 aliphatic heterocycles. The molecule has 576 valence electrons. The maximum absolute atomic E-state index is 14.0. The molecule has 0 bridgehead atoms. The molecule has 0 heterocycles. The van der Waals surface area contributed by atoms with Gasteiger partial charge in [-0.25, -0.2) is 34.0 Å². The SMILES string of the molecule is CC[N+](CC)(CC)CC.CC[N+](CC)(CC)CC.CC[N+](CC)(CC)CC.O=S(=O)(C(F)CCCCCCCCC(F)(F)F)C(F)CCCCCCCCC(F)(F)F.O=S(=O)([O-])C(F)(F)CCCCCCCCC(F)(F)F.O=S(=O)([O-])CCCCCCCCCC(F)(F)F. The molecule has 2 atom stereocenters. The number of alkyl halides is 16. The summed E-state index contributed by atoms with van der Waals surface area (Å²) in [4.78, 5) is 0.